The highest BCUT2D eigenvalue weighted by Crippen LogP contribution is 2.26. The molecule has 1 atom stereocenters. The van der Waals surface area contributed by atoms with Crippen LogP contribution in [0.5, 0.6) is 0 Å². The molecular weight excluding hydrogens is 280 g/mol. The maximum Gasteiger partial charge on any atom is 0.220 e. The smallest absolute Gasteiger partial charge is 0.220 e. The average Bonchev–Trinajstić information content (AvgIpc) is 2.89. The molecule has 1 aromatic heterocycles. The number of benzene rings is 1. The highest BCUT2D eigenvalue weighted by atomic mass is 32.1. The second-order valence-electron chi connectivity index (χ2n) is 5.37. The van der Waals surface area contributed by atoms with Crippen molar-refractivity contribution in [2.75, 3.05) is 13.1 Å². The third-order valence-electron chi connectivity index (χ3n) is 3.57. The lowest BCUT2D eigenvalue weighted by molar-refractivity contribution is -0.121. The molecule has 0 aliphatic heterocycles. The zero-order valence-corrected chi connectivity index (χ0v) is 13.6. The van der Waals surface area contributed by atoms with Gasteiger partial charge < -0.3 is 10.6 Å². The number of hydrogen-bond acceptors (Lipinski definition) is 3. The number of likely N-dealkylation sites (N-methyl/N-ethyl adjacent to an activating group) is 1. The van der Waals surface area contributed by atoms with Gasteiger partial charge in [0, 0.05) is 23.7 Å². The fourth-order valence-electron chi connectivity index (χ4n) is 2.44. The van der Waals surface area contributed by atoms with E-state index in [0.717, 1.165) is 19.4 Å². The van der Waals surface area contributed by atoms with Crippen LogP contribution in [0, 0.1) is 0 Å². The molecule has 114 valence electrons. The number of fused-ring (bicyclic) bond motifs is 1. The summed E-state index contributed by atoms with van der Waals surface area (Å²) in [6.45, 7) is 5.79. The molecule has 0 radical (unpaired) electrons. The third kappa shape index (κ3) is 4.83. The average molecular weight is 304 g/mol. The molecule has 4 heteroatoms. The van der Waals surface area contributed by atoms with Crippen molar-refractivity contribution in [2.45, 2.75) is 39.2 Å². The molecule has 2 aromatic rings. The number of carbonyl (C=O) groups is 1. The number of nitrogens with one attached hydrogen (secondary N) is 2. The Bertz CT molecular complexity index is 579. The Hall–Kier alpha value is -1.39. The molecule has 0 aliphatic carbocycles. The molecule has 1 amide bonds. The van der Waals surface area contributed by atoms with E-state index in [4.69, 9.17) is 0 Å². The van der Waals surface area contributed by atoms with Crippen LogP contribution in [0.25, 0.3) is 10.1 Å². The molecule has 0 unspecified atom stereocenters. The van der Waals surface area contributed by atoms with Gasteiger partial charge >= 0.3 is 0 Å². The summed E-state index contributed by atoms with van der Waals surface area (Å²) in [7, 11) is 0. The molecule has 1 aromatic carbocycles. The fourth-order valence-corrected chi connectivity index (χ4v) is 3.44. The van der Waals surface area contributed by atoms with Crippen molar-refractivity contribution in [3.05, 3.63) is 35.2 Å². The first-order valence-corrected chi connectivity index (χ1v) is 8.54. The van der Waals surface area contributed by atoms with E-state index in [1.54, 1.807) is 11.3 Å². The van der Waals surface area contributed by atoms with E-state index >= 15 is 0 Å². The van der Waals surface area contributed by atoms with Crippen molar-refractivity contribution < 1.29 is 4.79 Å². The van der Waals surface area contributed by atoms with Crippen LogP contribution in [-0.2, 0) is 11.2 Å². The lowest BCUT2D eigenvalue weighted by atomic mass is 10.1. The summed E-state index contributed by atoms with van der Waals surface area (Å²) in [5, 5.41) is 9.83. The first kappa shape index (κ1) is 16.0. The molecule has 2 rings (SSSR count). The third-order valence-corrected chi connectivity index (χ3v) is 4.58. The predicted molar refractivity (Wildman–Crippen MR) is 90.9 cm³/mol. The summed E-state index contributed by atoms with van der Waals surface area (Å²) in [5.74, 6) is 0.152. The van der Waals surface area contributed by atoms with E-state index in [2.05, 4.69) is 54.1 Å². The van der Waals surface area contributed by atoms with Crippen LogP contribution in [0.15, 0.2) is 29.6 Å². The Labute approximate surface area is 130 Å². The Balaban J connectivity index is 1.73. The Morgan fingerprint density at radius 3 is 2.95 bits per heavy atom. The van der Waals surface area contributed by atoms with Gasteiger partial charge in [-0.3, -0.25) is 4.79 Å². The predicted octanol–water partition coefficient (Wildman–Crippen LogP) is 3.34. The van der Waals surface area contributed by atoms with Gasteiger partial charge in [-0.25, -0.2) is 0 Å². The van der Waals surface area contributed by atoms with Crippen LogP contribution in [0.1, 0.15) is 32.3 Å². The summed E-state index contributed by atoms with van der Waals surface area (Å²) in [6, 6.07) is 8.80. The minimum absolute atomic E-state index is 0.152. The molecule has 0 aliphatic rings. The molecular formula is C17H24N2OS. The van der Waals surface area contributed by atoms with E-state index in [1.807, 2.05) is 0 Å². The molecule has 2 N–H and O–H groups in total. The largest absolute Gasteiger partial charge is 0.355 e. The molecule has 3 nitrogen and oxygen atoms in total. The highest BCUT2D eigenvalue weighted by Gasteiger charge is 2.06. The quantitative estimate of drug-likeness (QED) is 0.785. The van der Waals surface area contributed by atoms with Gasteiger partial charge in [0.05, 0.1) is 0 Å². The minimum atomic E-state index is 0.152. The van der Waals surface area contributed by atoms with Gasteiger partial charge in [-0.1, -0.05) is 25.1 Å². The maximum absolute atomic E-state index is 11.8. The van der Waals surface area contributed by atoms with Crippen LogP contribution in [0.4, 0.5) is 0 Å². The second kappa shape index (κ2) is 8.15. The Kier molecular flexibility index (Phi) is 6.21. The van der Waals surface area contributed by atoms with Crippen LogP contribution < -0.4 is 10.6 Å². The summed E-state index contributed by atoms with van der Waals surface area (Å²) < 4.78 is 1.33. The maximum atomic E-state index is 11.8. The summed E-state index contributed by atoms with van der Waals surface area (Å²) >= 11 is 1.78. The first-order valence-electron chi connectivity index (χ1n) is 7.66. The van der Waals surface area contributed by atoms with Crippen LogP contribution in [0.2, 0.25) is 0 Å². The van der Waals surface area contributed by atoms with Gasteiger partial charge in [-0.2, -0.15) is 0 Å². The van der Waals surface area contributed by atoms with Gasteiger partial charge in [-0.05, 0) is 48.7 Å². The summed E-state index contributed by atoms with van der Waals surface area (Å²) in [6.07, 6.45) is 2.48. The molecule has 1 heterocycles. The Morgan fingerprint density at radius 1 is 1.33 bits per heavy atom. The topological polar surface area (TPSA) is 41.1 Å². The molecule has 0 saturated carbocycles. The fraction of sp³-hybridized carbons (Fsp3) is 0.471. The zero-order chi connectivity index (χ0) is 15.1. The standard InChI is InChI=1S/C17H24N2OS/c1-3-18-13(2)11-19-17(20)10-6-7-14-12-21-16-9-5-4-8-15(14)16/h4-5,8-9,12-13,18H,3,6-7,10-11H2,1-2H3,(H,19,20)/t13-/m1/s1. The molecule has 21 heavy (non-hydrogen) atoms. The molecule has 0 fully saturated rings. The second-order valence-corrected chi connectivity index (χ2v) is 6.28. The van der Waals surface area contributed by atoms with E-state index < -0.39 is 0 Å². The van der Waals surface area contributed by atoms with Crippen molar-refractivity contribution in [2.24, 2.45) is 0 Å². The van der Waals surface area contributed by atoms with Crippen LogP contribution >= 0.6 is 11.3 Å². The Morgan fingerprint density at radius 2 is 2.14 bits per heavy atom. The van der Waals surface area contributed by atoms with Gasteiger partial charge in [0.15, 0.2) is 0 Å². The van der Waals surface area contributed by atoms with Crippen LogP contribution in [0.3, 0.4) is 0 Å². The number of thiophene rings is 1. The summed E-state index contributed by atoms with van der Waals surface area (Å²) in [4.78, 5) is 11.8. The number of carbonyl (C=O) groups excluding carboxylic acids is 1. The van der Waals surface area contributed by atoms with E-state index in [-0.39, 0.29) is 5.91 Å². The minimum Gasteiger partial charge on any atom is -0.355 e. The SMILES string of the molecule is CCN[C@H](C)CNC(=O)CCCc1csc2ccccc12. The van der Waals surface area contributed by atoms with Gasteiger partial charge in [0.1, 0.15) is 0 Å². The van der Waals surface area contributed by atoms with Crippen molar-refractivity contribution >= 4 is 27.3 Å². The zero-order valence-electron chi connectivity index (χ0n) is 12.8. The van der Waals surface area contributed by atoms with Gasteiger partial charge in [-0.15, -0.1) is 11.3 Å². The monoisotopic (exact) mass is 304 g/mol. The van der Waals surface area contributed by atoms with Crippen molar-refractivity contribution in [3.8, 4) is 0 Å². The molecule has 0 saturated heterocycles. The van der Waals surface area contributed by atoms with Crippen LogP contribution in [-0.4, -0.2) is 25.0 Å². The number of rotatable bonds is 8. The van der Waals surface area contributed by atoms with Gasteiger partial charge in [0.25, 0.3) is 0 Å². The number of hydrogen-bond donors (Lipinski definition) is 2. The van der Waals surface area contributed by atoms with E-state index in [9.17, 15) is 4.79 Å². The lowest BCUT2D eigenvalue weighted by Crippen LogP contribution is -2.38. The highest BCUT2D eigenvalue weighted by molar-refractivity contribution is 7.17. The first-order chi connectivity index (χ1) is 10.2. The van der Waals surface area contributed by atoms with E-state index in [1.165, 1.54) is 15.6 Å². The van der Waals surface area contributed by atoms with E-state index in [0.29, 0.717) is 19.0 Å². The molecule has 0 spiro atoms. The molecule has 0 bridgehead atoms. The number of amides is 1. The van der Waals surface area contributed by atoms with Crippen molar-refractivity contribution in [3.63, 3.8) is 0 Å². The lowest BCUT2D eigenvalue weighted by Gasteiger charge is -2.13. The normalized spacial score (nSPS) is 12.5. The summed E-state index contributed by atoms with van der Waals surface area (Å²) in [5.41, 5.74) is 1.37. The van der Waals surface area contributed by atoms with Crippen molar-refractivity contribution in [1.82, 2.24) is 10.6 Å². The van der Waals surface area contributed by atoms with Gasteiger partial charge in [0.2, 0.25) is 5.91 Å². The number of aryl methyl sites for hydroxylation is 1. The van der Waals surface area contributed by atoms with Crippen molar-refractivity contribution in [1.29, 1.82) is 0 Å².